The lowest BCUT2D eigenvalue weighted by Gasteiger charge is -2.29. The van der Waals surface area contributed by atoms with Gasteiger partial charge in [-0.25, -0.2) is 4.68 Å². The van der Waals surface area contributed by atoms with Crippen LogP contribution in [0, 0.1) is 6.92 Å². The van der Waals surface area contributed by atoms with Gasteiger partial charge in [-0.2, -0.15) is 5.10 Å². The third kappa shape index (κ3) is 3.60. The summed E-state index contributed by atoms with van der Waals surface area (Å²) in [4.78, 5) is 16.3. The van der Waals surface area contributed by atoms with Gasteiger partial charge in [0.05, 0.1) is 17.4 Å². The fraction of sp³-hybridized carbons (Fsp3) is 0.471. The summed E-state index contributed by atoms with van der Waals surface area (Å²) in [5.41, 5.74) is 1.98. The number of hydrogen-bond donors (Lipinski definition) is 1. The molecule has 0 unspecified atom stereocenters. The van der Waals surface area contributed by atoms with Gasteiger partial charge in [0.2, 0.25) is 0 Å². The molecule has 1 fully saturated rings. The molecule has 2 aromatic rings. The quantitative estimate of drug-likeness (QED) is 0.940. The van der Waals surface area contributed by atoms with Crippen LogP contribution in [0.3, 0.4) is 0 Å². The van der Waals surface area contributed by atoms with E-state index >= 15 is 0 Å². The number of rotatable bonds is 4. The largest absolute Gasteiger partial charge is 0.308 e. The molecule has 1 aliphatic rings. The Morgan fingerprint density at radius 2 is 2.00 bits per heavy atom. The van der Waals surface area contributed by atoms with Crippen LogP contribution in [0.5, 0.6) is 0 Å². The first kappa shape index (κ1) is 14.9. The van der Waals surface area contributed by atoms with Crippen LogP contribution >= 0.6 is 0 Å². The van der Waals surface area contributed by atoms with Crippen molar-refractivity contribution in [2.24, 2.45) is 0 Å². The van der Waals surface area contributed by atoms with Gasteiger partial charge in [-0.3, -0.25) is 9.78 Å². The van der Waals surface area contributed by atoms with Gasteiger partial charge in [-0.05, 0) is 50.8 Å². The highest BCUT2D eigenvalue weighted by atomic mass is 16.1. The number of nitrogens with one attached hydrogen (secondary N) is 1. The zero-order valence-electron chi connectivity index (χ0n) is 12.9. The van der Waals surface area contributed by atoms with E-state index in [0.717, 1.165) is 43.6 Å². The third-order valence-electron chi connectivity index (χ3n) is 4.30. The van der Waals surface area contributed by atoms with Gasteiger partial charge in [0.25, 0.3) is 5.56 Å². The van der Waals surface area contributed by atoms with Gasteiger partial charge >= 0.3 is 0 Å². The van der Waals surface area contributed by atoms with Crippen LogP contribution < -0.4 is 10.9 Å². The Morgan fingerprint density at radius 3 is 2.73 bits per heavy atom. The molecule has 5 heteroatoms. The van der Waals surface area contributed by atoms with Crippen LogP contribution in [0.2, 0.25) is 0 Å². The molecule has 0 aliphatic heterocycles. The predicted molar refractivity (Wildman–Crippen MR) is 85.6 cm³/mol. The maximum absolute atomic E-state index is 11.9. The molecule has 2 heterocycles. The van der Waals surface area contributed by atoms with Crippen molar-refractivity contribution in [3.8, 4) is 0 Å². The first-order valence-corrected chi connectivity index (χ1v) is 7.92. The smallest absolute Gasteiger partial charge is 0.267 e. The number of aromatic nitrogens is 3. The van der Waals surface area contributed by atoms with Gasteiger partial charge in [0, 0.05) is 24.8 Å². The molecule has 1 N–H and O–H groups in total. The van der Waals surface area contributed by atoms with Crippen LogP contribution in [-0.4, -0.2) is 20.8 Å². The van der Waals surface area contributed by atoms with E-state index in [0.29, 0.717) is 6.04 Å². The average molecular weight is 298 g/mol. The van der Waals surface area contributed by atoms with Gasteiger partial charge in [0.15, 0.2) is 0 Å². The summed E-state index contributed by atoms with van der Waals surface area (Å²) in [6.07, 6.45) is 5.95. The summed E-state index contributed by atoms with van der Waals surface area (Å²) in [7, 11) is 0. The van der Waals surface area contributed by atoms with Crippen molar-refractivity contribution in [2.75, 3.05) is 0 Å². The minimum Gasteiger partial charge on any atom is -0.308 e. The molecule has 5 nitrogen and oxygen atoms in total. The molecule has 116 valence electrons. The van der Waals surface area contributed by atoms with E-state index in [4.69, 9.17) is 0 Å². The molecule has 0 amide bonds. The SMILES string of the molecule is Cc1ccc(=O)n(C2CCC(NCc3ccccn3)CC2)n1. The molecule has 2 aromatic heterocycles. The lowest BCUT2D eigenvalue weighted by Crippen LogP contribution is -2.36. The normalized spacial score (nSPS) is 21.7. The molecular formula is C17H22N4O. The molecule has 0 aromatic carbocycles. The lowest BCUT2D eigenvalue weighted by molar-refractivity contribution is 0.267. The topological polar surface area (TPSA) is 59.8 Å². The zero-order chi connectivity index (χ0) is 15.4. The molecule has 0 radical (unpaired) electrons. The highest BCUT2D eigenvalue weighted by Crippen LogP contribution is 2.27. The van der Waals surface area contributed by atoms with Crippen molar-refractivity contribution in [1.82, 2.24) is 20.1 Å². The van der Waals surface area contributed by atoms with E-state index in [1.165, 1.54) is 0 Å². The van der Waals surface area contributed by atoms with Gasteiger partial charge in [-0.1, -0.05) is 6.07 Å². The summed E-state index contributed by atoms with van der Waals surface area (Å²) in [6, 6.07) is 10.1. The van der Waals surface area contributed by atoms with Crippen LogP contribution in [-0.2, 0) is 6.54 Å². The fourth-order valence-corrected chi connectivity index (χ4v) is 3.06. The molecule has 22 heavy (non-hydrogen) atoms. The first-order chi connectivity index (χ1) is 10.7. The maximum atomic E-state index is 11.9. The standard InChI is InChI=1S/C17H22N4O/c1-13-5-10-17(22)21(20-13)16-8-6-14(7-9-16)19-12-15-4-2-3-11-18-15/h2-5,10-11,14,16,19H,6-9,12H2,1H3. The Bertz CT molecular complexity index is 660. The Balaban J connectivity index is 1.54. The highest BCUT2D eigenvalue weighted by molar-refractivity contribution is 5.03. The first-order valence-electron chi connectivity index (χ1n) is 7.92. The molecule has 0 saturated heterocycles. The molecule has 0 bridgehead atoms. The molecule has 1 saturated carbocycles. The molecule has 0 spiro atoms. The number of pyridine rings is 1. The minimum absolute atomic E-state index is 0.00972. The van der Waals surface area contributed by atoms with Crippen molar-refractivity contribution < 1.29 is 0 Å². The van der Waals surface area contributed by atoms with E-state index in [2.05, 4.69) is 15.4 Å². The average Bonchev–Trinajstić information content (AvgIpc) is 2.57. The molecular weight excluding hydrogens is 276 g/mol. The summed E-state index contributed by atoms with van der Waals surface area (Å²) >= 11 is 0. The van der Waals surface area contributed by atoms with E-state index in [-0.39, 0.29) is 11.6 Å². The number of aryl methyl sites for hydroxylation is 1. The zero-order valence-corrected chi connectivity index (χ0v) is 12.9. The summed E-state index contributed by atoms with van der Waals surface area (Å²) in [5, 5.41) is 7.95. The molecule has 0 atom stereocenters. The van der Waals surface area contributed by atoms with Crippen molar-refractivity contribution in [2.45, 2.75) is 51.2 Å². The van der Waals surface area contributed by atoms with Crippen molar-refractivity contribution in [3.05, 3.63) is 58.3 Å². The minimum atomic E-state index is 0.00972. The summed E-state index contributed by atoms with van der Waals surface area (Å²) in [5.74, 6) is 0. The van der Waals surface area contributed by atoms with Crippen LogP contribution in [0.15, 0.2) is 41.3 Å². The van der Waals surface area contributed by atoms with Crippen LogP contribution in [0.4, 0.5) is 0 Å². The second-order valence-electron chi connectivity index (χ2n) is 5.96. The van der Waals surface area contributed by atoms with E-state index in [1.807, 2.05) is 31.3 Å². The van der Waals surface area contributed by atoms with Gasteiger partial charge in [0.1, 0.15) is 0 Å². The van der Waals surface area contributed by atoms with E-state index in [1.54, 1.807) is 16.8 Å². The Hall–Kier alpha value is -2.01. The monoisotopic (exact) mass is 298 g/mol. The van der Waals surface area contributed by atoms with Crippen molar-refractivity contribution in [3.63, 3.8) is 0 Å². The van der Waals surface area contributed by atoms with Gasteiger partial charge in [-0.15, -0.1) is 0 Å². The van der Waals surface area contributed by atoms with E-state index in [9.17, 15) is 4.79 Å². The maximum Gasteiger partial charge on any atom is 0.267 e. The van der Waals surface area contributed by atoms with Gasteiger partial charge < -0.3 is 5.32 Å². The Labute approximate surface area is 130 Å². The summed E-state index contributed by atoms with van der Waals surface area (Å²) < 4.78 is 1.67. The third-order valence-corrected chi connectivity index (χ3v) is 4.30. The van der Waals surface area contributed by atoms with E-state index < -0.39 is 0 Å². The second kappa shape index (κ2) is 6.83. The highest BCUT2D eigenvalue weighted by Gasteiger charge is 2.23. The van der Waals surface area contributed by atoms with Crippen LogP contribution in [0.1, 0.15) is 43.1 Å². The Kier molecular flexibility index (Phi) is 4.63. The number of hydrogen-bond acceptors (Lipinski definition) is 4. The van der Waals surface area contributed by atoms with Crippen molar-refractivity contribution in [1.29, 1.82) is 0 Å². The fourth-order valence-electron chi connectivity index (χ4n) is 3.06. The number of nitrogens with zero attached hydrogens (tertiary/aromatic N) is 3. The summed E-state index contributed by atoms with van der Waals surface area (Å²) in [6.45, 7) is 2.73. The predicted octanol–water partition coefficient (Wildman–Crippen LogP) is 2.22. The molecule has 1 aliphatic carbocycles. The Morgan fingerprint density at radius 1 is 1.18 bits per heavy atom. The van der Waals surface area contributed by atoms with Crippen LogP contribution in [0.25, 0.3) is 0 Å². The lowest BCUT2D eigenvalue weighted by atomic mass is 9.91. The van der Waals surface area contributed by atoms with Crippen molar-refractivity contribution >= 4 is 0 Å². The molecule has 3 rings (SSSR count). The second-order valence-corrected chi connectivity index (χ2v) is 5.96.